The van der Waals surface area contributed by atoms with E-state index in [1.807, 2.05) is 6.07 Å². The quantitative estimate of drug-likeness (QED) is 0.655. The molecule has 26 heavy (non-hydrogen) atoms. The summed E-state index contributed by atoms with van der Waals surface area (Å²) in [6.07, 6.45) is 1.21. The van der Waals surface area contributed by atoms with Crippen molar-refractivity contribution in [3.63, 3.8) is 0 Å². The maximum Gasteiger partial charge on any atom is 0.360 e. The average Bonchev–Trinajstić information content (AvgIpc) is 3.12. The van der Waals surface area contributed by atoms with Crippen LogP contribution in [0.4, 0.5) is 5.95 Å². The Kier molecular flexibility index (Phi) is 3.90. The van der Waals surface area contributed by atoms with Crippen molar-refractivity contribution in [3.8, 4) is 0 Å². The predicted molar refractivity (Wildman–Crippen MR) is 94.8 cm³/mol. The van der Waals surface area contributed by atoms with Gasteiger partial charge in [-0.2, -0.15) is 14.8 Å². The number of hydrogen-bond donors (Lipinski definition) is 3. The molecule has 0 saturated carbocycles. The second-order valence-electron chi connectivity index (χ2n) is 6.09. The van der Waals surface area contributed by atoms with Gasteiger partial charge >= 0.3 is 5.97 Å². The number of nitrogens with one attached hydrogen (secondary N) is 1. The van der Waals surface area contributed by atoms with Gasteiger partial charge in [0, 0.05) is 5.02 Å². The zero-order valence-electron chi connectivity index (χ0n) is 13.5. The molecule has 132 valence electrons. The Balaban J connectivity index is 1.95. The third kappa shape index (κ3) is 2.44. The van der Waals surface area contributed by atoms with Crippen molar-refractivity contribution < 1.29 is 15.0 Å². The van der Waals surface area contributed by atoms with Crippen LogP contribution >= 0.6 is 11.6 Å². The molecular formula is C18H15ClN4O3. The summed E-state index contributed by atoms with van der Waals surface area (Å²) in [7, 11) is 0. The third-order valence-corrected chi connectivity index (χ3v) is 4.88. The lowest BCUT2D eigenvalue weighted by atomic mass is 9.78. The van der Waals surface area contributed by atoms with Crippen LogP contribution in [0.3, 0.4) is 0 Å². The number of anilines is 1. The van der Waals surface area contributed by atoms with Gasteiger partial charge in [0.05, 0.1) is 12.0 Å². The van der Waals surface area contributed by atoms with Gasteiger partial charge in [0.2, 0.25) is 5.95 Å². The van der Waals surface area contributed by atoms with Crippen molar-refractivity contribution in [3.05, 3.63) is 77.1 Å². The Morgan fingerprint density at radius 1 is 1.12 bits per heavy atom. The summed E-state index contributed by atoms with van der Waals surface area (Å²) in [6.45, 7) is 0. The fourth-order valence-corrected chi connectivity index (χ4v) is 3.56. The number of aromatic nitrogens is 3. The number of carboxylic acid groups (broad SMARTS) is 1. The predicted octanol–water partition coefficient (Wildman–Crippen LogP) is 2.61. The molecule has 4 rings (SSSR count). The molecule has 0 amide bonds. The van der Waals surface area contributed by atoms with Crippen LogP contribution < -0.4 is 5.32 Å². The van der Waals surface area contributed by atoms with Crippen LogP contribution in [0.5, 0.6) is 0 Å². The van der Waals surface area contributed by atoms with Gasteiger partial charge in [-0.05, 0) is 23.3 Å². The molecular weight excluding hydrogens is 356 g/mol. The summed E-state index contributed by atoms with van der Waals surface area (Å²) >= 11 is 5.98. The number of carboxylic acids is 1. The third-order valence-electron chi connectivity index (χ3n) is 4.62. The van der Waals surface area contributed by atoms with Gasteiger partial charge in [-0.25, -0.2) is 4.79 Å². The highest BCUT2D eigenvalue weighted by molar-refractivity contribution is 6.30. The van der Waals surface area contributed by atoms with E-state index < -0.39 is 23.7 Å². The molecule has 0 aliphatic carbocycles. The Bertz CT molecular complexity index is 945. The summed E-state index contributed by atoms with van der Waals surface area (Å²) in [4.78, 5) is 16.2. The number of fused-ring (bicyclic) bond motifs is 1. The first-order chi connectivity index (χ1) is 12.5. The van der Waals surface area contributed by atoms with E-state index in [1.54, 1.807) is 48.5 Å². The maximum atomic E-state index is 12.2. The Morgan fingerprint density at radius 3 is 2.46 bits per heavy atom. The van der Waals surface area contributed by atoms with Crippen molar-refractivity contribution in [2.24, 2.45) is 0 Å². The van der Waals surface area contributed by atoms with E-state index in [4.69, 9.17) is 11.6 Å². The number of benzene rings is 2. The number of carbonyl (C=O) groups is 1. The molecule has 0 fully saturated rings. The Morgan fingerprint density at radius 2 is 1.81 bits per heavy atom. The molecule has 0 saturated heterocycles. The zero-order chi connectivity index (χ0) is 18.3. The maximum absolute atomic E-state index is 12.2. The van der Waals surface area contributed by atoms with Gasteiger partial charge in [0.1, 0.15) is 6.33 Å². The first kappa shape index (κ1) is 16.6. The topological polar surface area (TPSA) is 100 Å². The molecule has 1 aliphatic rings. The standard InChI is InChI=1S/C18H15ClN4O3/c19-13-8-6-12(7-9-13)15-14(11-4-2-1-3-5-11)18(26,16(24)25)23-17(22-15)20-10-21-23/h1-10,14-15,26H,(H,24,25)(H,20,21,22)/t14-,15+,18+/m0/s1. The molecule has 3 aromatic rings. The summed E-state index contributed by atoms with van der Waals surface area (Å²) < 4.78 is 1.01. The molecule has 7 nitrogen and oxygen atoms in total. The fraction of sp³-hybridized carbons (Fsp3) is 0.167. The molecule has 2 aromatic carbocycles. The largest absolute Gasteiger partial charge is 0.478 e. The number of aliphatic hydroxyl groups is 1. The minimum atomic E-state index is -2.30. The minimum Gasteiger partial charge on any atom is -0.478 e. The van der Waals surface area contributed by atoms with Crippen molar-refractivity contribution >= 4 is 23.5 Å². The summed E-state index contributed by atoms with van der Waals surface area (Å²) in [6, 6.07) is 15.5. The van der Waals surface area contributed by atoms with Crippen molar-refractivity contribution in [1.29, 1.82) is 0 Å². The molecule has 0 unspecified atom stereocenters. The summed E-state index contributed by atoms with van der Waals surface area (Å²) in [5.74, 6) is -2.07. The highest BCUT2D eigenvalue weighted by Gasteiger charge is 2.56. The van der Waals surface area contributed by atoms with Gasteiger partial charge in [0.15, 0.2) is 0 Å². The number of nitrogens with zero attached hydrogens (tertiary/aromatic N) is 3. The molecule has 1 aliphatic heterocycles. The second-order valence-corrected chi connectivity index (χ2v) is 6.53. The van der Waals surface area contributed by atoms with Crippen LogP contribution in [0, 0.1) is 0 Å². The van der Waals surface area contributed by atoms with Gasteiger partial charge < -0.3 is 15.5 Å². The van der Waals surface area contributed by atoms with Crippen molar-refractivity contribution in [1.82, 2.24) is 14.8 Å². The van der Waals surface area contributed by atoms with Gasteiger partial charge in [-0.1, -0.05) is 54.1 Å². The van der Waals surface area contributed by atoms with E-state index in [2.05, 4.69) is 15.4 Å². The molecule has 1 aromatic heterocycles. The van der Waals surface area contributed by atoms with Gasteiger partial charge in [-0.3, -0.25) is 0 Å². The van der Waals surface area contributed by atoms with Crippen LogP contribution in [-0.4, -0.2) is 30.9 Å². The fourth-order valence-electron chi connectivity index (χ4n) is 3.43. The van der Waals surface area contributed by atoms with Crippen molar-refractivity contribution in [2.45, 2.75) is 17.7 Å². The molecule has 3 atom stereocenters. The van der Waals surface area contributed by atoms with Gasteiger partial charge in [0.25, 0.3) is 5.72 Å². The molecule has 0 bridgehead atoms. The molecule has 0 spiro atoms. The summed E-state index contributed by atoms with van der Waals surface area (Å²) in [5, 5.41) is 28.9. The molecule has 3 N–H and O–H groups in total. The van der Waals surface area contributed by atoms with Crippen LogP contribution in [-0.2, 0) is 10.5 Å². The lowest BCUT2D eigenvalue weighted by Crippen LogP contribution is -2.54. The first-order valence-electron chi connectivity index (χ1n) is 7.95. The lowest BCUT2D eigenvalue weighted by Gasteiger charge is -2.42. The lowest BCUT2D eigenvalue weighted by molar-refractivity contribution is -0.179. The number of halogens is 1. The van der Waals surface area contributed by atoms with E-state index in [0.717, 1.165) is 10.2 Å². The Hall–Kier alpha value is -2.90. The molecule has 8 heteroatoms. The van der Waals surface area contributed by atoms with Crippen LogP contribution in [0.2, 0.25) is 5.02 Å². The zero-order valence-corrected chi connectivity index (χ0v) is 14.2. The first-order valence-corrected chi connectivity index (χ1v) is 8.33. The highest BCUT2D eigenvalue weighted by Crippen LogP contribution is 2.47. The smallest absolute Gasteiger partial charge is 0.360 e. The van der Waals surface area contributed by atoms with Gasteiger partial charge in [-0.15, -0.1) is 0 Å². The number of aliphatic carboxylic acids is 1. The van der Waals surface area contributed by atoms with Crippen LogP contribution in [0.15, 0.2) is 60.9 Å². The van der Waals surface area contributed by atoms with E-state index in [9.17, 15) is 15.0 Å². The second kappa shape index (κ2) is 6.12. The molecule has 0 radical (unpaired) electrons. The Labute approximate surface area is 153 Å². The van der Waals surface area contributed by atoms with E-state index in [-0.39, 0.29) is 5.95 Å². The number of rotatable bonds is 3. The SMILES string of the molecule is O=C(O)[C@]1(O)[C@@H](c2ccccc2)[C@@H](c2ccc(Cl)cc2)Nc2ncnn21. The monoisotopic (exact) mass is 370 g/mol. The normalized spacial score (nSPS) is 24.5. The van der Waals surface area contributed by atoms with E-state index in [1.165, 1.54) is 6.33 Å². The van der Waals surface area contributed by atoms with Crippen molar-refractivity contribution in [2.75, 3.05) is 5.32 Å². The van der Waals surface area contributed by atoms with Crippen LogP contribution in [0.1, 0.15) is 23.1 Å². The number of hydrogen-bond acceptors (Lipinski definition) is 5. The minimum absolute atomic E-state index is 0.182. The summed E-state index contributed by atoms with van der Waals surface area (Å²) in [5.41, 5.74) is -0.869. The van der Waals surface area contributed by atoms with E-state index >= 15 is 0 Å². The average molecular weight is 371 g/mol. The highest BCUT2D eigenvalue weighted by atomic mass is 35.5. The van der Waals surface area contributed by atoms with E-state index in [0.29, 0.717) is 10.6 Å². The molecule has 2 heterocycles. The van der Waals surface area contributed by atoms with Crippen LogP contribution in [0.25, 0.3) is 0 Å².